The summed E-state index contributed by atoms with van der Waals surface area (Å²) in [6, 6.07) is 8.63. The van der Waals surface area contributed by atoms with Crippen LogP contribution in [0.4, 0.5) is 0 Å². The minimum Gasteiger partial charge on any atom is -0.569 e. The molecule has 1 rings (SSSR count). The van der Waals surface area contributed by atoms with Gasteiger partial charge in [-0.2, -0.15) is 0 Å². The van der Waals surface area contributed by atoms with Crippen molar-refractivity contribution in [2.24, 2.45) is 0 Å². The lowest BCUT2D eigenvalue weighted by Gasteiger charge is -2.35. The van der Waals surface area contributed by atoms with Gasteiger partial charge in [0.25, 0.3) is 0 Å². The van der Waals surface area contributed by atoms with Crippen molar-refractivity contribution >= 4 is 22.6 Å². The molecule has 0 saturated heterocycles. The first-order valence-corrected chi connectivity index (χ1v) is 3.99. The molecule has 1 aromatic carbocycles. The molecule has 2 nitrogen and oxygen atoms in total. The summed E-state index contributed by atoms with van der Waals surface area (Å²) in [6.45, 7) is 0. The molecule has 0 unspecified atom stereocenters. The van der Waals surface area contributed by atoms with Crippen LogP contribution in [-0.4, -0.2) is 14.2 Å². The second-order valence-electron chi connectivity index (χ2n) is 1.76. The number of methoxy groups -OCH3 is 2. The number of benzene rings is 1. The molecule has 60 valence electrons. The maximum atomic E-state index is 4.92. The Morgan fingerprint density at radius 1 is 1.00 bits per heavy atom. The van der Waals surface area contributed by atoms with Crippen molar-refractivity contribution in [2.45, 2.75) is 0 Å². The van der Waals surface area contributed by atoms with E-state index in [1.54, 1.807) is 14.2 Å². The third-order valence-electron chi connectivity index (χ3n) is 1.08. The van der Waals surface area contributed by atoms with E-state index in [-0.39, 0.29) is 0 Å². The normalized spacial score (nSPS) is 9.36. The van der Waals surface area contributed by atoms with Crippen LogP contribution in [0.5, 0.6) is 11.5 Å². The summed E-state index contributed by atoms with van der Waals surface area (Å²) >= 11 is 2.09. The Balaban J connectivity index is 3.02. The molecule has 1 aromatic rings. The number of hydrogen-bond acceptors (Lipinski definition) is 2. The molecule has 0 fully saturated rings. The Morgan fingerprint density at radius 2 is 1.45 bits per heavy atom. The number of rotatable bonds is 2. The van der Waals surface area contributed by atoms with E-state index in [1.807, 2.05) is 0 Å². The highest BCUT2D eigenvalue weighted by atomic mass is 127. The second kappa shape index (κ2) is 3.80. The lowest BCUT2D eigenvalue weighted by Crippen LogP contribution is -1.89. The number of hydrogen-bond donors (Lipinski definition) is 0. The van der Waals surface area contributed by atoms with Crippen LogP contribution in [0, 0.1) is 21.8 Å². The van der Waals surface area contributed by atoms with Crippen molar-refractivity contribution in [3.8, 4) is 11.5 Å². The van der Waals surface area contributed by atoms with Crippen molar-refractivity contribution in [2.75, 3.05) is 14.2 Å². The summed E-state index contributed by atoms with van der Waals surface area (Å²) in [4.78, 5) is 0. The third kappa shape index (κ3) is 2.25. The fourth-order valence-electron chi connectivity index (χ4n) is 0.600. The maximum Gasteiger partial charge on any atom is 0.0690 e. The lowest BCUT2D eigenvalue weighted by molar-refractivity contribution is 0.391. The zero-order valence-corrected chi connectivity index (χ0v) is 8.35. The number of halogens is 1. The van der Waals surface area contributed by atoms with Gasteiger partial charge in [-0.05, 0) is 0 Å². The summed E-state index contributed by atoms with van der Waals surface area (Å²) in [5, 5.41) is 0. The summed E-state index contributed by atoms with van der Waals surface area (Å²) in [6.07, 6.45) is 0. The van der Waals surface area contributed by atoms with Gasteiger partial charge in [-0.3, -0.25) is 0 Å². The van der Waals surface area contributed by atoms with Crippen LogP contribution in [0.25, 0.3) is 0 Å². The molecule has 3 heteroatoms. The van der Waals surface area contributed by atoms with Crippen LogP contribution >= 0.6 is 22.6 Å². The standard InChI is InChI=1S/C8H6IO2/c1-10-7-3-6(9)4-8(5-7)11-2/h1-2H3/q-3. The molecule has 0 bridgehead atoms. The largest absolute Gasteiger partial charge is 0.569 e. The van der Waals surface area contributed by atoms with Crippen molar-refractivity contribution < 1.29 is 9.47 Å². The molecule has 0 N–H and O–H groups in total. The fourth-order valence-corrected chi connectivity index (χ4v) is 1.09. The molecule has 0 aliphatic heterocycles. The van der Waals surface area contributed by atoms with Gasteiger partial charge in [-0.1, -0.05) is 0 Å². The monoisotopic (exact) mass is 261 g/mol. The molecule has 0 aliphatic carbocycles. The van der Waals surface area contributed by atoms with Gasteiger partial charge in [-0.25, -0.2) is 11.5 Å². The van der Waals surface area contributed by atoms with E-state index in [2.05, 4.69) is 40.8 Å². The quantitative estimate of drug-likeness (QED) is 0.596. The van der Waals surface area contributed by atoms with Gasteiger partial charge in [0.05, 0.1) is 14.2 Å². The zero-order valence-electron chi connectivity index (χ0n) is 6.19. The summed E-state index contributed by atoms with van der Waals surface area (Å²) in [5.41, 5.74) is 0. The van der Waals surface area contributed by atoms with Gasteiger partial charge >= 0.3 is 0 Å². The van der Waals surface area contributed by atoms with Gasteiger partial charge in [0, 0.05) is 0 Å². The van der Waals surface area contributed by atoms with E-state index in [9.17, 15) is 0 Å². The van der Waals surface area contributed by atoms with E-state index < -0.39 is 0 Å². The maximum absolute atomic E-state index is 4.92. The van der Waals surface area contributed by atoms with E-state index in [0.29, 0.717) is 11.5 Å². The average molecular weight is 261 g/mol. The van der Waals surface area contributed by atoms with Gasteiger partial charge in [0.1, 0.15) is 0 Å². The van der Waals surface area contributed by atoms with Crippen molar-refractivity contribution in [1.82, 2.24) is 0 Å². The first-order valence-electron chi connectivity index (χ1n) is 2.91. The van der Waals surface area contributed by atoms with Crippen molar-refractivity contribution in [3.05, 3.63) is 21.8 Å². The lowest BCUT2D eigenvalue weighted by atomic mass is 10.3. The van der Waals surface area contributed by atoms with Crippen LogP contribution in [0.15, 0.2) is 0 Å². The topological polar surface area (TPSA) is 18.5 Å². The number of ether oxygens (including phenoxy) is 2. The molecule has 0 aromatic heterocycles. The second-order valence-corrected chi connectivity index (χ2v) is 2.83. The van der Waals surface area contributed by atoms with Crippen LogP contribution in [0.2, 0.25) is 0 Å². The molecule has 11 heavy (non-hydrogen) atoms. The summed E-state index contributed by atoms with van der Waals surface area (Å²) < 4.78 is 10.7. The highest BCUT2D eigenvalue weighted by Gasteiger charge is 1.63. The van der Waals surface area contributed by atoms with Gasteiger partial charge in [-0.15, -0.1) is 22.6 Å². The minimum atomic E-state index is 0.546. The molecule has 0 heterocycles. The Kier molecular flexibility index (Phi) is 2.99. The molecule has 0 atom stereocenters. The summed E-state index contributed by atoms with van der Waals surface area (Å²) in [5.74, 6) is 1.09. The Labute approximate surface area is 79.7 Å². The molecular formula is C8H6IO2-3. The van der Waals surface area contributed by atoms with Crippen LogP contribution in [0.3, 0.4) is 0 Å². The van der Waals surface area contributed by atoms with Gasteiger partial charge in [0.15, 0.2) is 0 Å². The highest BCUT2D eigenvalue weighted by Crippen LogP contribution is 2.20. The Bertz CT molecular complexity index is 226. The van der Waals surface area contributed by atoms with E-state index >= 15 is 0 Å². The molecule has 0 amide bonds. The minimum absolute atomic E-state index is 0.546. The fraction of sp³-hybridized carbons (Fsp3) is 0.250. The molecule has 0 saturated carbocycles. The Morgan fingerprint density at radius 3 is 1.82 bits per heavy atom. The zero-order chi connectivity index (χ0) is 8.27. The molecule has 0 spiro atoms. The van der Waals surface area contributed by atoms with E-state index in [1.165, 1.54) is 0 Å². The van der Waals surface area contributed by atoms with E-state index in [4.69, 9.17) is 9.47 Å². The van der Waals surface area contributed by atoms with Crippen LogP contribution in [-0.2, 0) is 0 Å². The first kappa shape index (κ1) is 8.64. The Hall–Kier alpha value is -0.450. The van der Waals surface area contributed by atoms with Gasteiger partial charge < -0.3 is 31.2 Å². The molecular weight excluding hydrogens is 255 g/mol. The van der Waals surface area contributed by atoms with Crippen LogP contribution in [0.1, 0.15) is 0 Å². The highest BCUT2D eigenvalue weighted by molar-refractivity contribution is 14.1. The van der Waals surface area contributed by atoms with Gasteiger partial charge in [0.2, 0.25) is 0 Å². The first-order chi connectivity index (χ1) is 5.26. The smallest absolute Gasteiger partial charge is 0.0690 e. The van der Waals surface area contributed by atoms with Crippen molar-refractivity contribution in [1.29, 1.82) is 0 Å². The molecule has 0 radical (unpaired) electrons. The van der Waals surface area contributed by atoms with Crippen LogP contribution < -0.4 is 9.47 Å². The third-order valence-corrected chi connectivity index (χ3v) is 1.62. The average Bonchev–Trinajstić information content (AvgIpc) is 2.03. The van der Waals surface area contributed by atoms with Crippen molar-refractivity contribution in [3.63, 3.8) is 0 Å². The predicted octanol–water partition coefficient (Wildman–Crippen LogP) is 1.71. The summed E-state index contributed by atoms with van der Waals surface area (Å²) in [7, 11) is 3.13. The SMILES string of the molecule is COc1[c-]c(I)[c-]c(OC)[c-]1. The van der Waals surface area contributed by atoms with E-state index in [0.717, 1.165) is 3.57 Å². The predicted molar refractivity (Wildman–Crippen MR) is 48.8 cm³/mol. The molecule has 0 aliphatic rings.